The van der Waals surface area contributed by atoms with Crippen LogP contribution in [0.15, 0.2) is 0 Å². The summed E-state index contributed by atoms with van der Waals surface area (Å²) in [5.74, 6) is -1.53. The normalized spacial score (nSPS) is 33.2. The average molecular weight is 227 g/mol. The van der Waals surface area contributed by atoms with Crippen molar-refractivity contribution in [1.82, 2.24) is 4.90 Å². The summed E-state index contributed by atoms with van der Waals surface area (Å²) in [4.78, 5) is 13.5. The van der Waals surface area contributed by atoms with Crippen molar-refractivity contribution in [1.29, 1.82) is 0 Å². The molecule has 0 aromatic heterocycles. The molecule has 0 amide bonds. The first-order chi connectivity index (χ1) is 7.44. The van der Waals surface area contributed by atoms with Gasteiger partial charge in [0.15, 0.2) is 0 Å². The number of carboxylic acid groups (broad SMARTS) is 1. The first-order valence-corrected chi connectivity index (χ1v) is 6.13. The molecule has 0 aromatic rings. The third-order valence-corrected chi connectivity index (χ3v) is 3.88. The van der Waals surface area contributed by atoms with Crippen molar-refractivity contribution in [2.75, 3.05) is 13.1 Å². The van der Waals surface area contributed by atoms with E-state index in [0.717, 1.165) is 6.54 Å². The minimum absolute atomic E-state index is 0.0262. The fourth-order valence-electron chi connectivity index (χ4n) is 2.99. The van der Waals surface area contributed by atoms with E-state index in [0.29, 0.717) is 19.0 Å². The van der Waals surface area contributed by atoms with Crippen LogP contribution in [0.3, 0.4) is 0 Å². The van der Waals surface area contributed by atoms with E-state index in [4.69, 9.17) is 0 Å². The number of hydrogen-bond acceptors (Lipinski definition) is 3. The second-order valence-corrected chi connectivity index (χ2v) is 5.62. The number of likely N-dealkylation sites (tertiary alicyclic amines) is 1. The Labute approximate surface area is 96.3 Å². The van der Waals surface area contributed by atoms with Crippen LogP contribution in [0.1, 0.15) is 33.1 Å². The maximum atomic E-state index is 11.2. The largest absolute Gasteiger partial charge is 0.481 e. The van der Waals surface area contributed by atoms with E-state index in [1.54, 1.807) is 0 Å². The summed E-state index contributed by atoms with van der Waals surface area (Å²) in [6.07, 6.45) is 3.00. The van der Waals surface area contributed by atoms with E-state index >= 15 is 0 Å². The topological polar surface area (TPSA) is 60.8 Å². The maximum absolute atomic E-state index is 11.2. The van der Waals surface area contributed by atoms with Gasteiger partial charge in [0.1, 0.15) is 0 Å². The first-order valence-electron chi connectivity index (χ1n) is 6.13. The summed E-state index contributed by atoms with van der Waals surface area (Å²) in [5.41, 5.74) is -1.03. The fourth-order valence-corrected chi connectivity index (χ4v) is 2.99. The summed E-state index contributed by atoms with van der Waals surface area (Å²) >= 11 is 0. The summed E-state index contributed by atoms with van der Waals surface area (Å²) in [5, 5.41) is 19.7. The first kappa shape index (κ1) is 11.9. The molecule has 2 atom stereocenters. The molecule has 2 rings (SSSR count). The van der Waals surface area contributed by atoms with Crippen molar-refractivity contribution in [3.8, 4) is 0 Å². The Kier molecular flexibility index (Phi) is 2.97. The van der Waals surface area contributed by atoms with Crippen LogP contribution in [0, 0.1) is 11.8 Å². The number of carboxylic acids is 1. The zero-order valence-corrected chi connectivity index (χ0v) is 10.0. The van der Waals surface area contributed by atoms with Gasteiger partial charge in [0.05, 0.1) is 11.5 Å². The molecule has 92 valence electrons. The van der Waals surface area contributed by atoms with Crippen molar-refractivity contribution in [2.24, 2.45) is 11.8 Å². The zero-order valence-electron chi connectivity index (χ0n) is 10.0. The van der Waals surface area contributed by atoms with Gasteiger partial charge in [0.2, 0.25) is 0 Å². The van der Waals surface area contributed by atoms with Crippen LogP contribution >= 0.6 is 0 Å². The minimum Gasteiger partial charge on any atom is -0.481 e. The molecule has 2 unspecified atom stereocenters. The number of β-amino-alcohol motifs (C(OH)–C–C–N with tert-alkyl or cyclic N) is 1. The number of rotatable bonds is 4. The highest BCUT2D eigenvalue weighted by Gasteiger charge is 2.50. The predicted molar refractivity (Wildman–Crippen MR) is 60.1 cm³/mol. The van der Waals surface area contributed by atoms with E-state index < -0.39 is 17.5 Å². The van der Waals surface area contributed by atoms with E-state index in [1.807, 2.05) is 13.8 Å². The van der Waals surface area contributed by atoms with Gasteiger partial charge >= 0.3 is 5.97 Å². The van der Waals surface area contributed by atoms with Crippen LogP contribution in [0.4, 0.5) is 0 Å². The highest BCUT2D eigenvalue weighted by atomic mass is 16.4. The molecule has 2 N–H and O–H groups in total. The van der Waals surface area contributed by atoms with Crippen molar-refractivity contribution >= 4 is 5.97 Å². The minimum atomic E-state index is -1.03. The molecule has 16 heavy (non-hydrogen) atoms. The summed E-state index contributed by atoms with van der Waals surface area (Å²) in [6.45, 7) is 5.12. The Balaban J connectivity index is 2.08. The van der Waals surface area contributed by atoms with Gasteiger partial charge in [-0.15, -0.1) is 0 Å². The molecule has 4 heteroatoms. The van der Waals surface area contributed by atoms with Crippen LogP contribution in [-0.4, -0.2) is 45.8 Å². The Bertz CT molecular complexity index is 288. The van der Waals surface area contributed by atoms with Crippen LogP contribution in [-0.2, 0) is 4.79 Å². The second-order valence-electron chi connectivity index (χ2n) is 5.62. The molecule has 0 bridgehead atoms. The van der Waals surface area contributed by atoms with Gasteiger partial charge in [-0.05, 0) is 25.2 Å². The summed E-state index contributed by atoms with van der Waals surface area (Å²) in [6, 6.07) is 0.607. The number of aliphatic hydroxyl groups is 1. The van der Waals surface area contributed by atoms with E-state index in [2.05, 4.69) is 4.90 Å². The lowest BCUT2D eigenvalue weighted by Crippen LogP contribution is -2.47. The fraction of sp³-hybridized carbons (Fsp3) is 0.917. The lowest BCUT2D eigenvalue weighted by Gasteiger charge is -2.32. The quantitative estimate of drug-likeness (QED) is 0.750. The summed E-state index contributed by atoms with van der Waals surface area (Å²) < 4.78 is 0. The molecule has 2 aliphatic rings. The van der Waals surface area contributed by atoms with Gasteiger partial charge in [0.25, 0.3) is 0 Å². The molecular weight excluding hydrogens is 206 g/mol. The predicted octanol–water partition coefficient (Wildman–Crippen LogP) is 0.942. The zero-order chi connectivity index (χ0) is 11.9. The molecule has 2 fully saturated rings. The van der Waals surface area contributed by atoms with Gasteiger partial charge in [-0.1, -0.05) is 13.8 Å². The molecule has 0 aromatic carbocycles. The number of hydrogen-bond donors (Lipinski definition) is 2. The van der Waals surface area contributed by atoms with Crippen molar-refractivity contribution < 1.29 is 15.0 Å². The molecule has 1 saturated carbocycles. The van der Waals surface area contributed by atoms with Gasteiger partial charge < -0.3 is 10.2 Å². The van der Waals surface area contributed by atoms with Crippen molar-refractivity contribution in [3.63, 3.8) is 0 Å². The highest BCUT2D eigenvalue weighted by molar-refractivity contribution is 5.72. The van der Waals surface area contributed by atoms with E-state index in [-0.39, 0.29) is 5.92 Å². The Hall–Kier alpha value is -0.610. The highest BCUT2D eigenvalue weighted by Crippen LogP contribution is 2.38. The molecule has 1 saturated heterocycles. The maximum Gasteiger partial charge on any atom is 0.309 e. The van der Waals surface area contributed by atoms with Crippen LogP contribution < -0.4 is 0 Å². The lowest BCUT2D eigenvalue weighted by molar-refractivity contribution is -0.154. The van der Waals surface area contributed by atoms with Gasteiger partial charge in [-0.25, -0.2) is 0 Å². The van der Waals surface area contributed by atoms with Crippen LogP contribution in [0.25, 0.3) is 0 Å². The Morgan fingerprint density at radius 2 is 2.06 bits per heavy atom. The standard InChI is InChI=1S/C12H21NO3/c1-8(2)10(11(14)15)12(16)5-6-13(7-12)9-3-4-9/h8-10,16H,3-7H2,1-2H3,(H,14,15). The number of carbonyl (C=O) groups is 1. The van der Waals surface area contributed by atoms with Crippen LogP contribution in [0.5, 0.6) is 0 Å². The van der Waals surface area contributed by atoms with Crippen molar-refractivity contribution in [2.45, 2.75) is 44.8 Å². The van der Waals surface area contributed by atoms with E-state index in [9.17, 15) is 15.0 Å². The number of aliphatic carboxylic acids is 1. The van der Waals surface area contributed by atoms with Gasteiger partial charge in [0, 0.05) is 19.1 Å². The molecule has 0 radical (unpaired) electrons. The van der Waals surface area contributed by atoms with Gasteiger partial charge in [-0.2, -0.15) is 0 Å². The van der Waals surface area contributed by atoms with E-state index in [1.165, 1.54) is 12.8 Å². The second kappa shape index (κ2) is 4.00. The third kappa shape index (κ3) is 2.09. The summed E-state index contributed by atoms with van der Waals surface area (Å²) in [7, 11) is 0. The smallest absolute Gasteiger partial charge is 0.309 e. The van der Waals surface area contributed by atoms with Gasteiger partial charge in [-0.3, -0.25) is 9.69 Å². The molecule has 1 aliphatic carbocycles. The SMILES string of the molecule is CC(C)C(C(=O)O)C1(O)CCN(C2CC2)C1. The van der Waals surface area contributed by atoms with Crippen LogP contribution in [0.2, 0.25) is 0 Å². The molecule has 4 nitrogen and oxygen atoms in total. The average Bonchev–Trinajstić information content (AvgIpc) is 2.90. The Morgan fingerprint density at radius 1 is 1.44 bits per heavy atom. The molecule has 1 heterocycles. The molecule has 1 aliphatic heterocycles. The molecule has 0 spiro atoms. The van der Waals surface area contributed by atoms with Crippen molar-refractivity contribution in [3.05, 3.63) is 0 Å². The third-order valence-electron chi connectivity index (χ3n) is 3.88. The Morgan fingerprint density at radius 3 is 2.50 bits per heavy atom. The molecular formula is C12H21NO3. The monoisotopic (exact) mass is 227 g/mol. The number of nitrogens with zero attached hydrogens (tertiary/aromatic N) is 1. The lowest BCUT2D eigenvalue weighted by atomic mass is 9.79.